The van der Waals surface area contributed by atoms with E-state index in [1.807, 2.05) is 53.2 Å². The molecule has 0 N–H and O–H groups in total. The van der Waals surface area contributed by atoms with E-state index in [1.165, 1.54) is 5.01 Å². The van der Waals surface area contributed by atoms with Crippen molar-refractivity contribution in [3.05, 3.63) is 119 Å². The fraction of sp³-hybridized carbons (Fsp3) is 0.0667. The summed E-state index contributed by atoms with van der Waals surface area (Å²) in [6, 6.07) is 31.3. The minimum atomic E-state index is -0.314. The van der Waals surface area contributed by atoms with Gasteiger partial charge in [0.05, 0.1) is 22.5 Å². The van der Waals surface area contributed by atoms with Crippen LogP contribution in [-0.4, -0.2) is 16.5 Å². The number of aryl methyl sites for hydroxylation is 2. The zero-order valence-corrected chi connectivity index (χ0v) is 18.9. The summed E-state index contributed by atoms with van der Waals surface area (Å²) in [5.74, 6) is -0.629. The summed E-state index contributed by atoms with van der Waals surface area (Å²) in [5.41, 5.74) is 6.63. The van der Waals surface area contributed by atoms with Crippen LogP contribution in [0.15, 0.2) is 97.1 Å². The molecule has 1 aliphatic rings. The molecule has 34 heavy (non-hydrogen) atoms. The summed E-state index contributed by atoms with van der Waals surface area (Å²) >= 11 is 0. The van der Waals surface area contributed by atoms with Gasteiger partial charge in [-0.2, -0.15) is 5.01 Å². The smallest absolute Gasteiger partial charge is 0.267 e. The number of carbonyl (C=O) groups is 2. The maximum atomic E-state index is 13.7. The molecular weight excluding hydrogens is 420 g/mol. The SMILES string of the molecule is Cc1ccccc1-c1c2ccccc2c(-c2ccccc2C)n1N1C(=O)c2ccccc2C1=O. The lowest BCUT2D eigenvalue weighted by Gasteiger charge is -2.23. The maximum absolute atomic E-state index is 13.7. The second-order valence-electron chi connectivity index (χ2n) is 8.65. The molecule has 4 nitrogen and oxygen atoms in total. The lowest BCUT2D eigenvalue weighted by atomic mass is 10.0. The predicted molar refractivity (Wildman–Crippen MR) is 136 cm³/mol. The zero-order valence-electron chi connectivity index (χ0n) is 18.9. The molecule has 4 heteroatoms. The standard InChI is InChI=1S/C30H22N2O2/c1-19-11-3-5-13-21(19)27-23-15-7-8-16-24(23)28(22-14-6-4-12-20(22)2)31(27)32-29(33)25-17-9-10-18-26(25)30(32)34/h3-18H,1-2H3. The summed E-state index contributed by atoms with van der Waals surface area (Å²) in [5, 5.41) is 3.30. The van der Waals surface area contributed by atoms with Crippen LogP contribution < -0.4 is 5.01 Å². The number of aromatic nitrogens is 1. The highest BCUT2D eigenvalue weighted by molar-refractivity contribution is 6.31. The Hall–Kier alpha value is -4.44. The van der Waals surface area contributed by atoms with E-state index >= 15 is 0 Å². The highest BCUT2D eigenvalue weighted by atomic mass is 16.2. The van der Waals surface area contributed by atoms with Crippen LogP contribution in [-0.2, 0) is 0 Å². The van der Waals surface area contributed by atoms with Crippen molar-refractivity contribution in [2.45, 2.75) is 13.8 Å². The van der Waals surface area contributed by atoms with Crippen LogP contribution in [0.25, 0.3) is 33.3 Å². The number of nitrogens with zero attached hydrogens (tertiary/aromatic N) is 2. The fourth-order valence-corrected chi connectivity index (χ4v) is 4.99. The van der Waals surface area contributed by atoms with Crippen molar-refractivity contribution in [3.63, 3.8) is 0 Å². The quantitative estimate of drug-likeness (QED) is 0.298. The molecule has 0 radical (unpaired) electrons. The summed E-state index contributed by atoms with van der Waals surface area (Å²) in [4.78, 5) is 27.4. The lowest BCUT2D eigenvalue weighted by Crippen LogP contribution is -2.40. The van der Waals surface area contributed by atoms with Gasteiger partial charge < -0.3 is 0 Å². The minimum absolute atomic E-state index is 0.314. The van der Waals surface area contributed by atoms with Gasteiger partial charge in [-0.3, -0.25) is 9.59 Å². The van der Waals surface area contributed by atoms with E-state index < -0.39 is 0 Å². The van der Waals surface area contributed by atoms with Gasteiger partial charge in [-0.1, -0.05) is 84.9 Å². The van der Waals surface area contributed by atoms with Crippen LogP contribution in [0.4, 0.5) is 0 Å². The second kappa shape index (κ2) is 7.56. The molecule has 1 aromatic heterocycles. The number of hydrogen-bond donors (Lipinski definition) is 0. The molecule has 0 spiro atoms. The van der Waals surface area contributed by atoms with Crippen molar-refractivity contribution in [1.82, 2.24) is 4.68 Å². The molecule has 0 bridgehead atoms. The van der Waals surface area contributed by atoms with Crippen molar-refractivity contribution in [2.24, 2.45) is 0 Å². The van der Waals surface area contributed by atoms with E-state index in [2.05, 4.69) is 38.1 Å². The Morgan fingerprint density at radius 1 is 0.471 bits per heavy atom. The first-order valence-electron chi connectivity index (χ1n) is 11.3. The topological polar surface area (TPSA) is 42.3 Å². The predicted octanol–water partition coefficient (Wildman–Crippen LogP) is 6.52. The van der Waals surface area contributed by atoms with Crippen LogP contribution in [0.1, 0.15) is 31.8 Å². The normalized spacial score (nSPS) is 13.1. The number of amides is 2. The van der Waals surface area contributed by atoms with E-state index in [4.69, 9.17) is 0 Å². The Kier molecular flexibility index (Phi) is 4.49. The Bertz CT molecular complexity index is 1510. The first kappa shape index (κ1) is 20.2. The van der Waals surface area contributed by atoms with Crippen LogP contribution in [0.5, 0.6) is 0 Å². The van der Waals surface area contributed by atoms with Gasteiger partial charge in [-0.25, -0.2) is 4.68 Å². The lowest BCUT2D eigenvalue weighted by molar-refractivity contribution is 0.0888. The largest absolute Gasteiger partial charge is 0.281 e. The Labute approximate surface area is 197 Å². The molecule has 1 aliphatic heterocycles. The summed E-state index contributed by atoms with van der Waals surface area (Å²) in [7, 11) is 0. The zero-order chi connectivity index (χ0) is 23.4. The van der Waals surface area contributed by atoms with Gasteiger partial charge >= 0.3 is 0 Å². The summed E-state index contributed by atoms with van der Waals surface area (Å²) in [6.45, 7) is 4.11. The van der Waals surface area contributed by atoms with E-state index in [0.717, 1.165) is 44.4 Å². The molecule has 6 rings (SSSR count). The van der Waals surface area contributed by atoms with Crippen molar-refractivity contribution in [2.75, 3.05) is 5.01 Å². The third-order valence-corrected chi connectivity index (χ3v) is 6.63. The molecule has 2 amide bonds. The Balaban J connectivity index is 1.78. The molecule has 5 aromatic rings. The molecule has 0 saturated heterocycles. The van der Waals surface area contributed by atoms with E-state index in [-0.39, 0.29) is 11.8 Å². The average molecular weight is 443 g/mol. The highest BCUT2D eigenvalue weighted by Crippen LogP contribution is 2.42. The number of hydrogen-bond acceptors (Lipinski definition) is 2. The number of benzene rings is 4. The van der Waals surface area contributed by atoms with Gasteiger partial charge in [0, 0.05) is 21.9 Å². The molecule has 0 fully saturated rings. The van der Waals surface area contributed by atoms with Gasteiger partial charge in [0.1, 0.15) is 0 Å². The van der Waals surface area contributed by atoms with E-state index in [0.29, 0.717) is 11.1 Å². The van der Waals surface area contributed by atoms with Gasteiger partial charge in [0.15, 0.2) is 0 Å². The minimum Gasteiger partial charge on any atom is -0.267 e. The second-order valence-corrected chi connectivity index (χ2v) is 8.65. The third-order valence-electron chi connectivity index (χ3n) is 6.63. The van der Waals surface area contributed by atoms with Crippen LogP contribution >= 0.6 is 0 Å². The van der Waals surface area contributed by atoms with Gasteiger partial charge in [-0.15, -0.1) is 0 Å². The first-order chi connectivity index (χ1) is 16.6. The molecule has 0 saturated carbocycles. The molecular formula is C30H22N2O2. The molecule has 0 unspecified atom stereocenters. The number of imide groups is 1. The van der Waals surface area contributed by atoms with Crippen molar-refractivity contribution in [1.29, 1.82) is 0 Å². The summed E-state index contributed by atoms with van der Waals surface area (Å²) in [6.07, 6.45) is 0. The molecule has 4 aromatic carbocycles. The summed E-state index contributed by atoms with van der Waals surface area (Å²) < 4.78 is 1.85. The Morgan fingerprint density at radius 2 is 0.824 bits per heavy atom. The first-order valence-corrected chi connectivity index (χ1v) is 11.3. The van der Waals surface area contributed by atoms with Crippen LogP contribution in [0.3, 0.4) is 0 Å². The van der Waals surface area contributed by atoms with Crippen molar-refractivity contribution < 1.29 is 9.59 Å². The number of rotatable bonds is 3. The fourth-order valence-electron chi connectivity index (χ4n) is 4.99. The third kappa shape index (κ3) is 2.78. The van der Waals surface area contributed by atoms with E-state index in [1.54, 1.807) is 24.3 Å². The average Bonchev–Trinajstić information content (AvgIpc) is 3.31. The Morgan fingerprint density at radius 3 is 1.24 bits per heavy atom. The van der Waals surface area contributed by atoms with Gasteiger partial charge in [0.25, 0.3) is 11.8 Å². The van der Waals surface area contributed by atoms with E-state index in [9.17, 15) is 9.59 Å². The molecule has 2 heterocycles. The van der Waals surface area contributed by atoms with Crippen LogP contribution in [0, 0.1) is 13.8 Å². The van der Waals surface area contributed by atoms with Gasteiger partial charge in [-0.05, 0) is 37.1 Å². The highest BCUT2D eigenvalue weighted by Gasteiger charge is 2.40. The van der Waals surface area contributed by atoms with Crippen molar-refractivity contribution >= 4 is 22.6 Å². The molecule has 0 aliphatic carbocycles. The molecule has 0 atom stereocenters. The molecule has 164 valence electrons. The van der Waals surface area contributed by atoms with Gasteiger partial charge in [0.2, 0.25) is 0 Å². The van der Waals surface area contributed by atoms with Crippen molar-refractivity contribution in [3.8, 4) is 22.5 Å². The number of fused-ring (bicyclic) bond motifs is 2. The van der Waals surface area contributed by atoms with Crippen LogP contribution in [0.2, 0.25) is 0 Å². The monoisotopic (exact) mass is 442 g/mol. The number of carbonyl (C=O) groups excluding carboxylic acids is 2. The maximum Gasteiger partial charge on any atom is 0.281 e.